The van der Waals surface area contributed by atoms with Crippen molar-refractivity contribution in [1.82, 2.24) is 5.32 Å². The first-order valence-corrected chi connectivity index (χ1v) is 7.87. The molecule has 4 atom stereocenters. The third kappa shape index (κ3) is 3.58. The molecule has 1 aromatic carbocycles. The molecule has 1 fully saturated rings. The van der Waals surface area contributed by atoms with E-state index in [1.54, 1.807) is 0 Å². The normalized spacial score (nSPS) is 30.1. The van der Waals surface area contributed by atoms with E-state index in [9.17, 15) is 0 Å². The number of benzene rings is 1. The van der Waals surface area contributed by atoms with Gasteiger partial charge in [-0.2, -0.15) is 0 Å². The Balaban J connectivity index is 2.00. The number of rotatable bonds is 3. The first-order valence-electron chi connectivity index (χ1n) is 7.07. The fraction of sp³-hybridized carbons (Fsp3) is 0.625. The molecule has 0 spiro atoms. The van der Waals surface area contributed by atoms with Crippen LogP contribution in [0.1, 0.15) is 51.6 Å². The average Bonchev–Trinajstić information content (AvgIpc) is 2.34. The van der Waals surface area contributed by atoms with Crippen molar-refractivity contribution < 1.29 is 0 Å². The summed E-state index contributed by atoms with van der Waals surface area (Å²) < 4.78 is 1.17. The van der Waals surface area contributed by atoms with Crippen LogP contribution in [0.15, 0.2) is 28.7 Å². The number of hydrogen-bond acceptors (Lipinski definition) is 1. The Hall–Kier alpha value is -0.340. The van der Waals surface area contributed by atoms with E-state index in [0.717, 1.165) is 11.8 Å². The second-order valence-electron chi connectivity index (χ2n) is 5.95. The van der Waals surface area contributed by atoms with Gasteiger partial charge in [-0.05, 0) is 49.3 Å². The Morgan fingerprint density at radius 1 is 1.28 bits per heavy atom. The smallest absolute Gasteiger partial charge is 0.0294 e. The molecule has 100 valence electrons. The highest BCUT2D eigenvalue weighted by molar-refractivity contribution is 9.10. The van der Waals surface area contributed by atoms with Crippen molar-refractivity contribution in [2.75, 3.05) is 0 Å². The van der Waals surface area contributed by atoms with Gasteiger partial charge in [0, 0.05) is 16.6 Å². The predicted molar refractivity (Wildman–Crippen MR) is 81.7 cm³/mol. The first-order chi connectivity index (χ1) is 8.56. The standard InChI is InChI=1S/C16H24BrN/c1-11-7-8-12(2)16(9-11)18-13(3)14-5-4-6-15(17)10-14/h4-6,10-13,16,18H,7-9H2,1-3H3/t11?,12?,13-,16?/m0/s1. The molecular formula is C16H24BrN. The summed E-state index contributed by atoms with van der Waals surface area (Å²) in [6.45, 7) is 7.04. The van der Waals surface area contributed by atoms with Crippen LogP contribution in [0.3, 0.4) is 0 Å². The summed E-state index contributed by atoms with van der Waals surface area (Å²) in [4.78, 5) is 0. The van der Waals surface area contributed by atoms with Crippen LogP contribution in [0, 0.1) is 11.8 Å². The summed E-state index contributed by atoms with van der Waals surface area (Å²) in [6, 6.07) is 9.72. The van der Waals surface area contributed by atoms with E-state index >= 15 is 0 Å². The van der Waals surface area contributed by atoms with Crippen molar-refractivity contribution in [2.24, 2.45) is 11.8 Å². The van der Waals surface area contributed by atoms with E-state index in [-0.39, 0.29) is 0 Å². The van der Waals surface area contributed by atoms with Gasteiger partial charge >= 0.3 is 0 Å². The van der Waals surface area contributed by atoms with Crippen LogP contribution in [-0.2, 0) is 0 Å². The molecule has 0 heterocycles. The monoisotopic (exact) mass is 309 g/mol. The molecular weight excluding hydrogens is 286 g/mol. The van der Waals surface area contributed by atoms with Crippen LogP contribution in [0.4, 0.5) is 0 Å². The third-order valence-corrected chi connectivity index (χ3v) is 4.76. The van der Waals surface area contributed by atoms with Crippen molar-refractivity contribution in [3.05, 3.63) is 34.3 Å². The molecule has 1 aliphatic rings. The quantitative estimate of drug-likeness (QED) is 0.835. The second kappa shape index (κ2) is 6.21. The maximum Gasteiger partial charge on any atom is 0.0294 e. The Morgan fingerprint density at radius 2 is 2.06 bits per heavy atom. The summed E-state index contributed by atoms with van der Waals surface area (Å²) in [5.41, 5.74) is 1.37. The third-order valence-electron chi connectivity index (χ3n) is 4.27. The van der Waals surface area contributed by atoms with Crippen LogP contribution >= 0.6 is 15.9 Å². The van der Waals surface area contributed by atoms with Crippen LogP contribution in [0.5, 0.6) is 0 Å². The first kappa shape index (κ1) is 14.1. The van der Waals surface area contributed by atoms with Gasteiger partial charge in [-0.1, -0.05) is 48.3 Å². The van der Waals surface area contributed by atoms with Crippen LogP contribution < -0.4 is 5.32 Å². The maximum absolute atomic E-state index is 3.82. The van der Waals surface area contributed by atoms with E-state index < -0.39 is 0 Å². The average molecular weight is 310 g/mol. The van der Waals surface area contributed by atoms with Gasteiger partial charge in [0.2, 0.25) is 0 Å². The summed E-state index contributed by atoms with van der Waals surface area (Å²) in [5, 5.41) is 3.82. The fourth-order valence-electron chi connectivity index (χ4n) is 2.96. The van der Waals surface area contributed by atoms with Gasteiger partial charge in [0.15, 0.2) is 0 Å². The predicted octanol–water partition coefficient (Wildman–Crippen LogP) is 4.92. The molecule has 0 saturated heterocycles. The molecule has 0 bridgehead atoms. The molecule has 1 aromatic rings. The van der Waals surface area contributed by atoms with Crippen LogP contribution in [0.25, 0.3) is 0 Å². The van der Waals surface area contributed by atoms with Gasteiger partial charge in [0.1, 0.15) is 0 Å². The minimum atomic E-state index is 0.431. The minimum Gasteiger partial charge on any atom is -0.307 e. The molecule has 0 radical (unpaired) electrons. The molecule has 1 saturated carbocycles. The highest BCUT2D eigenvalue weighted by Gasteiger charge is 2.26. The zero-order valence-electron chi connectivity index (χ0n) is 11.6. The van der Waals surface area contributed by atoms with Crippen LogP contribution in [-0.4, -0.2) is 6.04 Å². The van der Waals surface area contributed by atoms with E-state index in [2.05, 4.69) is 66.3 Å². The van der Waals surface area contributed by atoms with Crippen molar-refractivity contribution in [2.45, 2.75) is 52.1 Å². The Morgan fingerprint density at radius 3 is 2.78 bits per heavy atom. The maximum atomic E-state index is 3.82. The highest BCUT2D eigenvalue weighted by atomic mass is 79.9. The van der Waals surface area contributed by atoms with E-state index in [1.807, 2.05) is 0 Å². The van der Waals surface area contributed by atoms with Crippen molar-refractivity contribution in [3.8, 4) is 0 Å². The summed E-state index contributed by atoms with van der Waals surface area (Å²) in [6.07, 6.45) is 4.08. The molecule has 0 amide bonds. The fourth-order valence-corrected chi connectivity index (χ4v) is 3.37. The van der Waals surface area contributed by atoms with Crippen LogP contribution in [0.2, 0.25) is 0 Å². The van der Waals surface area contributed by atoms with Gasteiger partial charge in [-0.3, -0.25) is 0 Å². The molecule has 0 aromatic heterocycles. The Kier molecular flexibility index (Phi) is 4.85. The van der Waals surface area contributed by atoms with Crippen molar-refractivity contribution >= 4 is 15.9 Å². The summed E-state index contributed by atoms with van der Waals surface area (Å²) in [7, 11) is 0. The van der Waals surface area contributed by atoms with Gasteiger partial charge in [0.25, 0.3) is 0 Å². The number of hydrogen-bond donors (Lipinski definition) is 1. The lowest BCUT2D eigenvalue weighted by Crippen LogP contribution is -2.40. The lowest BCUT2D eigenvalue weighted by Gasteiger charge is -2.35. The second-order valence-corrected chi connectivity index (χ2v) is 6.86. The van der Waals surface area contributed by atoms with E-state index in [4.69, 9.17) is 0 Å². The van der Waals surface area contributed by atoms with E-state index in [0.29, 0.717) is 12.1 Å². The summed E-state index contributed by atoms with van der Waals surface area (Å²) in [5.74, 6) is 1.67. The van der Waals surface area contributed by atoms with Gasteiger partial charge in [-0.15, -0.1) is 0 Å². The molecule has 3 unspecified atom stereocenters. The van der Waals surface area contributed by atoms with Gasteiger partial charge in [0.05, 0.1) is 0 Å². The lowest BCUT2D eigenvalue weighted by molar-refractivity contribution is 0.216. The molecule has 0 aliphatic heterocycles. The molecule has 1 nitrogen and oxygen atoms in total. The number of nitrogens with one attached hydrogen (secondary N) is 1. The zero-order valence-corrected chi connectivity index (χ0v) is 13.2. The SMILES string of the molecule is CC1CCC(C)C(N[C@@H](C)c2cccc(Br)c2)C1. The summed E-state index contributed by atoms with van der Waals surface area (Å²) >= 11 is 3.55. The van der Waals surface area contributed by atoms with Gasteiger partial charge < -0.3 is 5.32 Å². The zero-order chi connectivity index (χ0) is 13.1. The van der Waals surface area contributed by atoms with E-state index in [1.165, 1.54) is 29.3 Å². The van der Waals surface area contributed by atoms with Crippen molar-refractivity contribution in [1.29, 1.82) is 0 Å². The molecule has 2 rings (SSSR count). The Labute approximate surface area is 119 Å². The lowest BCUT2D eigenvalue weighted by atomic mass is 9.79. The van der Waals surface area contributed by atoms with Crippen molar-refractivity contribution in [3.63, 3.8) is 0 Å². The minimum absolute atomic E-state index is 0.431. The highest BCUT2D eigenvalue weighted by Crippen LogP contribution is 2.30. The molecule has 2 heteroatoms. The number of halogens is 1. The molecule has 1 aliphatic carbocycles. The van der Waals surface area contributed by atoms with Gasteiger partial charge in [-0.25, -0.2) is 0 Å². The largest absolute Gasteiger partial charge is 0.307 e. The topological polar surface area (TPSA) is 12.0 Å². The molecule has 18 heavy (non-hydrogen) atoms. The molecule has 1 N–H and O–H groups in total. The Bertz CT molecular complexity index is 390.